The number of carbonyl (C=O) groups excluding carboxylic acids is 1. The predicted octanol–water partition coefficient (Wildman–Crippen LogP) is 1.83. The third-order valence-corrected chi connectivity index (χ3v) is 4.30. The van der Waals surface area contributed by atoms with Crippen LogP contribution in [0, 0.1) is 0 Å². The molecule has 1 saturated heterocycles. The molecule has 1 atom stereocenters. The number of likely N-dealkylation sites (N-methyl/N-ethyl adjacent to an activating group) is 1. The maximum Gasteiger partial charge on any atom is 0.248 e. The van der Waals surface area contributed by atoms with Gasteiger partial charge >= 0.3 is 0 Å². The van der Waals surface area contributed by atoms with Crippen LogP contribution in [-0.2, 0) is 4.79 Å². The number of amides is 1. The topological polar surface area (TPSA) is 53.4 Å². The van der Waals surface area contributed by atoms with Gasteiger partial charge in [-0.25, -0.2) is 0 Å². The first-order valence-corrected chi connectivity index (χ1v) is 7.97. The van der Waals surface area contributed by atoms with Crippen molar-refractivity contribution in [2.24, 2.45) is 0 Å². The second kappa shape index (κ2) is 6.83. The minimum atomic E-state index is -0.331. The van der Waals surface area contributed by atoms with Gasteiger partial charge in [-0.3, -0.25) is 9.48 Å². The molecule has 0 radical (unpaired) electrons. The van der Waals surface area contributed by atoms with Crippen LogP contribution in [0.15, 0.2) is 42.7 Å². The van der Waals surface area contributed by atoms with E-state index in [1.807, 2.05) is 25.1 Å². The molecule has 1 aromatic carbocycles. The molecule has 1 N–H and O–H groups in total. The SMILES string of the molecule is CC(C(=O)Nc1ccc(N2CCN(C)CC2)cc1)n1cccn1. The van der Waals surface area contributed by atoms with Gasteiger partial charge in [0.1, 0.15) is 6.04 Å². The monoisotopic (exact) mass is 313 g/mol. The third-order valence-electron chi connectivity index (χ3n) is 4.30. The summed E-state index contributed by atoms with van der Waals surface area (Å²) in [4.78, 5) is 17.0. The van der Waals surface area contributed by atoms with Gasteiger partial charge in [0.25, 0.3) is 0 Å². The number of piperazine rings is 1. The highest BCUT2D eigenvalue weighted by Crippen LogP contribution is 2.20. The Kier molecular flexibility index (Phi) is 4.62. The van der Waals surface area contributed by atoms with Gasteiger partial charge in [0, 0.05) is 49.9 Å². The molecule has 6 heteroatoms. The molecule has 0 saturated carbocycles. The molecule has 23 heavy (non-hydrogen) atoms. The summed E-state index contributed by atoms with van der Waals surface area (Å²) < 4.78 is 1.65. The zero-order valence-electron chi connectivity index (χ0n) is 13.6. The molecule has 0 spiro atoms. The van der Waals surface area contributed by atoms with E-state index >= 15 is 0 Å². The molecule has 1 aliphatic heterocycles. The Balaban J connectivity index is 1.60. The van der Waals surface area contributed by atoms with Crippen molar-refractivity contribution < 1.29 is 4.79 Å². The lowest BCUT2D eigenvalue weighted by atomic mass is 10.2. The number of hydrogen-bond donors (Lipinski definition) is 1. The summed E-state index contributed by atoms with van der Waals surface area (Å²) in [6.07, 6.45) is 3.47. The molecule has 2 heterocycles. The van der Waals surface area contributed by atoms with Crippen LogP contribution in [0.5, 0.6) is 0 Å². The van der Waals surface area contributed by atoms with Crippen molar-refractivity contribution in [3.05, 3.63) is 42.7 Å². The van der Waals surface area contributed by atoms with Crippen LogP contribution < -0.4 is 10.2 Å². The summed E-state index contributed by atoms with van der Waals surface area (Å²) in [5.74, 6) is -0.0685. The fraction of sp³-hybridized carbons (Fsp3) is 0.412. The first-order valence-electron chi connectivity index (χ1n) is 7.97. The Morgan fingerprint density at radius 2 is 1.87 bits per heavy atom. The summed E-state index contributed by atoms with van der Waals surface area (Å²) in [6, 6.07) is 9.54. The fourth-order valence-corrected chi connectivity index (χ4v) is 2.70. The van der Waals surface area contributed by atoms with Crippen molar-refractivity contribution in [1.29, 1.82) is 0 Å². The van der Waals surface area contributed by atoms with Gasteiger partial charge in [-0.05, 0) is 44.3 Å². The van der Waals surface area contributed by atoms with Crippen molar-refractivity contribution in [3.8, 4) is 0 Å². The lowest BCUT2D eigenvalue weighted by Gasteiger charge is -2.34. The first-order chi connectivity index (χ1) is 11.1. The molecule has 1 fully saturated rings. The van der Waals surface area contributed by atoms with E-state index in [4.69, 9.17) is 0 Å². The van der Waals surface area contributed by atoms with Gasteiger partial charge < -0.3 is 15.1 Å². The highest BCUT2D eigenvalue weighted by atomic mass is 16.2. The zero-order chi connectivity index (χ0) is 16.2. The Morgan fingerprint density at radius 1 is 1.17 bits per heavy atom. The summed E-state index contributed by atoms with van der Waals surface area (Å²) in [7, 11) is 2.15. The molecule has 0 aliphatic carbocycles. The van der Waals surface area contributed by atoms with Gasteiger partial charge in [0.2, 0.25) is 5.91 Å². The van der Waals surface area contributed by atoms with E-state index in [0.717, 1.165) is 31.9 Å². The quantitative estimate of drug-likeness (QED) is 0.936. The minimum absolute atomic E-state index is 0.0685. The number of hydrogen-bond acceptors (Lipinski definition) is 4. The number of aromatic nitrogens is 2. The van der Waals surface area contributed by atoms with Crippen molar-refractivity contribution in [3.63, 3.8) is 0 Å². The molecule has 1 aromatic heterocycles. The highest BCUT2D eigenvalue weighted by Gasteiger charge is 2.16. The predicted molar refractivity (Wildman–Crippen MR) is 91.7 cm³/mol. The van der Waals surface area contributed by atoms with Gasteiger partial charge in [0.05, 0.1) is 0 Å². The summed E-state index contributed by atoms with van der Waals surface area (Å²) >= 11 is 0. The van der Waals surface area contributed by atoms with Crippen molar-refractivity contribution in [2.45, 2.75) is 13.0 Å². The average Bonchev–Trinajstić information content (AvgIpc) is 3.10. The maximum atomic E-state index is 12.2. The number of carbonyl (C=O) groups is 1. The smallest absolute Gasteiger partial charge is 0.248 e. The van der Waals surface area contributed by atoms with Crippen LogP contribution in [0.4, 0.5) is 11.4 Å². The molecule has 122 valence electrons. The van der Waals surface area contributed by atoms with Crippen molar-refractivity contribution >= 4 is 17.3 Å². The van der Waals surface area contributed by atoms with Crippen molar-refractivity contribution in [1.82, 2.24) is 14.7 Å². The van der Waals surface area contributed by atoms with Crippen LogP contribution in [0.1, 0.15) is 13.0 Å². The van der Waals surface area contributed by atoms with Crippen LogP contribution in [0.3, 0.4) is 0 Å². The maximum absolute atomic E-state index is 12.2. The second-order valence-electron chi connectivity index (χ2n) is 5.99. The number of nitrogens with zero attached hydrogens (tertiary/aromatic N) is 4. The Labute approximate surface area is 136 Å². The minimum Gasteiger partial charge on any atom is -0.369 e. The lowest BCUT2D eigenvalue weighted by molar-refractivity contribution is -0.119. The van der Waals surface area contributed by atoms with Crippen LogP contribution >= 0.6 is 0 Å². The summed E-state index contributed by atoms with van der Waals surface area (Å²) in [5, 5.41) is 7.05. The molecular formula is C17H23N5O. The van der Waals surface area contributed by atoms with E-state index in [1.54, 1.807) is 17.1 Å². The highest BCUT2D eigenvalue weighted by molar-refractivity contribution is 5.93. The number of anilines is 2. The largest absolute Gasteiger partial charge is 0.369 e. The zero-order valence-corrected chi connectivity index (χ0v) is 13.6. The van der Waals surface area contributed by atoms with Crippen LogP contribution in [0.25, 0.3) is 0 Å². The molecule has 1 unspecified atom stereocenters. The van der Waals surface area contributed by atoms with Gasteiger partial charge in [-0.2, -0.15) is 5.10 Å². The summed E-state index contributed by atoms with van der Waals surface area (Å²) in [6.45, 7) is 6.08. The molecule has 0 bridgehead atoms. The Bertz CT molecular complexity index is 630. The van der Waals surface area contributed by atoms with E-state index in [0.29, 0.717) is 0 Å². The van der Waals surface area contributed by atoms with E-state index < -0.39 is 0 Å². The van der Waals surface area contributed by atoms with Crippen molar-refractivity contribution in [2.75, 3.05) is 43.4 Å². The van der Waals surface area contributed by atoms with Crippen LogP contribution in [0.2, 0.25) is 0 Å². The standard InChI is InChI=1S/C17H23N5O/c1-14(22-9-3-8-18-22)17(23)19-15-4-6-16(7-5-15)21-12-10-20(2)11-13-21/h3-9,14H,10-13H2,1-2H3,(H,19,23). The Hall–Kier alpha value is -2.34. The van der Waals surface area contributed by atoms with Gasteiger partial charge in [-0.1, -0.05) is 0 Å². The van der Waals surface area contributed by atoms with E-state index in [2.05, 4.69) is 39.4 Å². The lowest BCUT2D eigenvalue weighted by Crippen LogP contribution is -2.44. The van der Waals surface area contributed by atoms with Gasteiger partial charge in [0.15, 0.2) is 0 Å². The van der Waals surface area contributed by atoms with Gasteiger partial charge in [-0.15, -0.1) is 0 Å². The molecule has 2 aromatic rings. The fourth-order valence-electron chi connectivity index (χ4n) is 2.70. The molecule has 1 aliphatic rings. The average molecular weight is 313 g/mol. The molecule has 3 rings (SSSR count). The number of benzene rings is 1. The third kappa shape index (κ3) is 3.71. The number of rotatable bonds is 4. The molecular weight excluding hydrogens is 290 g/mol. The van der Waals surface area contributed by atoms with E-state index in [-0.39, 0.29) is 11.9 Å². The van der Waals surface area contributed by atoms with Crippen LogP contribution in [-0.4, -0.2) is 53.8 Å². The molecule has 6 nitrogen and oxygen atoms in total. The van der Waals surface area contributed by atoms with E-state index in [9.17, 15) is 4.79 Å². The summed E-state index contributed by atoms with van der Waals surface area (Å²) in [5.41, 5.74) is 2.02. The second-order valence-corrected chi connectivity index (χ2v) is 5.99. The Morgan fingerprint density at radius 3 is 2.48 bits per heavy atom. The first kappa shape index (κ1) is 15.6. The van der Waals surface area contributed by atoms with E-state index in [1.165, 1.54) is 5.69 Å². The number of nitrogens with one attached hydrogen (secondary N) is 1. The normalized spacial score (nSPS) is 17.0. The molecule has 1 amide bonds.